The minimum absolute atomic E-state index is 0.122. The molecule has 3 heteroatoms. The van der Waals surface area contributed by atoms with Crippen molar-refractivity contribution < 1.29 is 4.74 Å². The first-order valence-electron chi connectivity index (χ1n) is 7.62. The number of morpholine rings is 1. The predicted molar refractivity (Wildman–Crippen MR) is 83.7 cm³/mol. The highest BCUT2D eigenvalue weighted by Gasteiger charge is 2.30. The summed E-state index contributed by atoms with van der Waals surface area (Å²) in [5.41, 5.74) is 2.95. The number of hydrogen-bond donors (Lipinski definition) is 1. The lowest BCUT2D eigenvalue weighted by atomic mass is 9.99. The fourth-order valence-corrected chi connectivity index (χ4v) is 2.59. The summed E-state index contributed by atoms with van der Waals surface area (Å²) in [5.74, 6) is 0. The Labute approximate surface area is 123 Å². The van der Waals surface area contributed by atoms with Crippen LogP contribution in [0.3, 0.4) is 0 Å². The van der Waals surface area contributed by atoms with Gasteiger partial charge in [-0.1, -0.05) is 38.1 Å². The molecule has 112 valence electrons. The minimum atomic E-state index is 0.122. The summed E-state index contributed by atoms with van der Waals surface area (Å²) < 4.78 is 5.61. The molecule has 0 bridgehead atoms. The Morgan fingerprint density at radius 2 is 1.95 bits per heavy atom. The standard InChI is InChI=1S/C17H28N2O/c1-14(2)18-11-15-7-5-6-8-16(15)12-19-9-10-20-13-17(19,3)4/h5-8,14,18H,9-13H2,1-4H3. The van der Waals surface area contributed by atoms with Gasteiger partial charge in [0.25, 0.3) is 0 Å². The molecule has 1 aliphatic rings. The molecule has 0 amide bonds. The van der Waals surface area contributed by atoms with Crippen LogP contribution in [0.2, 0.25) is 0 Å². The minimum Gasteiger partial charge on any atom is -0.378 e. The van der Waals surface area contributed by atoms with Gasteiger partial charge in [-0.15, -0.1) is 0 Å². The van der Waals surface area contributed by atoms with Crippen molar-refractivity contribution in [2.24, 2.45) is 0 Å². The van der Waals surface area contributed by atoms with Crippen LogP contribution >= 0.6 is 0 Å². The molecule has 0 unspecified atom stereocenters. The Bertz CT molecular complexity index is 429. The van der Waals surface area contributed by atoms with Crippen LogP contribution in [0.5, 0.6) is 0 Å². The SMILES string of the molecule is CC(C)NCc1ccccc1CN1CCOCC1(C)C. The third kappa shape index (κ3) is 4.05. The quantitative estimate of drug-likeness (QED) is 0.895. The summed E-state index contributed by atoms with van der Waals surface area (Å²) in [5, 5.41) is 3.52. The van der Waals surface area contributed by atoms with Crippen LogP contribution in [0.1, 0.15) is 38.8 Å². The van der Waals surface area contributed by atoms with Crippen molar-refractivity contribution in [3.05, 3.63) is 35.4 Å². The molecule has 0 saturated carbocycles. The number of nitrogens with one attached hydrogen (secondary N) is 1. The summed E-state index contributed by atoms with van der Waals surface area (Å²) >= 11 is 0. The van der Waals surface area contributed by atoms with Crippen molar-refractivity contribution in [1.82, 2.24) is 10.2 Å². The van der Waals surface area contributed by atoms with Gasteiger partial charge in [-0.25, -0.2) is 0 Å². The smallest absolute Gasteiger partial charge is 0.0645 e. The van der Waals surface area contributed by atoms with Crippen LogP contribution in [-0.4, -0.2) is 36.2 Å². The first-order valence-corrected chi connectivity index (χ1v) is 7.62. The highest BCUT2D eigenvalue weighted by atomic mass is 16.5. The molecule has 0 aromatic heterocycles. The first-order chi connectivity index (χ1) is 9.49. The zero-order chi connectivity index (χ0) is 14.6. The van der Waals surface area contributed by atoms with E-state index in [0.717, 1.165) is 32.8 Å². The maximum Gasteiger partial charge on any atom is 0.0645 e. The topological polar surface area (TPSA) is 24.5 Å². The molecule has 0 radical (unpaired) electrons. The number of hydrogen-bond acceptors (Lipinski definition) is 3. The van der Waals surface area contributed by atoms with Crippen LogP contribution in [0.4, 0.5) is 0 Å². The fourth-order valence-electron chi connectivity index (χ4n) is 2.59. The van der Waals surface area contributed by atoms with Crippen molar-refractivity contribution in [2.75, 3.05) is 19.8 Å². The summed E-state index contributed by atoms with van der Waals surface area (Å²) in [6.45, 7) is 13.5. The molecule has 0 aliphatic carbocycles. The molecule has 2 rings (SSSR count). The van der Waals surface area contributed by atoms with Crippen molar-refractivity contribution in [3.63, 3.8) is 0 Å². The van der Waals surface area contributed by atoms with Gasteiger partial charge in [0.15, 0.2) is 0 Å². The molecule has 1 heterocycles. The van der Waals surface area contributed by atoms with Crippen molar-refractivity contribution in [1.29, 1.82) is 0 Å². The van der Waals surface area contributed by atoms with Crippen LogP contribution in [0.25, 0.3) is 0 Å². The van der Waals surface area contributed by atoms with Gasteiger partial charge in [0.2, 0.25) is 0 Å². The van der Waals surface area contributed by atoms with Gasteiger partial charge in [-0.05, 0) is 25.0 Å². The zero-order valence-electron chi connectivity index (χ0n) is 13.3. The second-order valence-electron chi connectivity index (χ2n) is 6.59. The second-order valence-corrected chi connectivity index (χ2v) is 6.59. The van der Waals surface area contributed by atoms with Crippen molar-refractivity contribution in [2.45, 2.75) is 52.4 Å². The lowest BCUT2D eigenvalue weighted by molar-refractivity contribution is -0.0553. The molecule has 3 nitrogen and oxygen atoms in total. The van der Waals surface area contributed by atoms with Crippen LogP contribution in [0, 0.1) is 0 Å². The van der Waals surface area contributed by atoms with E-state index in [4.69, 9.17) is 4.74 Å². The van der Waals surface area contributed by atoms with Gasteiger partial charge in [0.1, 0.15) is 0 Å². The predicted octanol–water partition coefficient (Wildman–Crippen LogP) is 2.80. The first kappa shape index (κ1) is 15.5. The Morgan fingerprint density at radius 1 is 1.25 bits per heavy atom. The lowest BCUT2D eigenvalue weighted by Crippen LogP contribution is -2.52. The molecule has 1 aromatic carbocycles. The van der Waals surface area contributed by atoms with Gasteiger partial charge in [0, 0.05) is 31.2 Å². The van der Waals surface area contributed by atoms with Gasteiger partial charge < -0.3 is 10.1 Å². The maximum atomic E-state index is 5.61. The zero-order valence-corrected chi connectivity index (χ0v) is 13.3. The number of ether oxygens (including phenoxy) is 1. The highest BCUT2D eigenvalue weighted by Crippen LogP contribution is 2.23. The Morgan fingerprint density at radius 3 is 2.60 bits per heavy atom. The van der Waals surface area contributed by atoms with Crippen LogP contribution in [0.15, 0.2) is 24.3 Å². The van der Waals surface area contributed by atoms with E-state index in [-0.39, 0.29) is 5.54 Å². The maximum absolute atomic E-state index is 5.61. The van der Waals surface area contributed by atoms with Crippen molar-refractivity contribution in [3.8, 4) is 0 Å². The van der Waals surface area contributed by atoms with E-state index in [1.54, 1.807) is 0 Å². The average Bonchev–Trinajstić information content (AvgIpc) is 2.40. The van der Waals surface area contributed by atoms with Crippen LogP contribution in [-0.2, 0) is 17.8 Å². The Kier molecular flexibility index (Phi) is 5.19. The van der Waals surface area contributed by atoms with E-state index in [9.17, 15) is 0 Å². The summed E-state index contributed by atoms with van der Waals surface area (Å²) in [7, 11) is 0. The van der Waals surface area contributed by atoms with E-state index >= 15 is 0 Å². The second kappa shape index (κ2) is 6.70. The molecule has 20 heavy (non-hydrogen) atoms. The van der Waals surface area contributed by atoms with Gasteiger partial charge in [-0.2, -0.15) is 0 Å². The summed E-state index contributed by atoms with van der Waals surface area (Å²) in [6, 6.07) is 9.27. The monoisotopic (exact) mass is 276 g/mol. The third-order valence-corrected chi connectivity index (χ3v) is 4.00. The van der Waals surface area contributed by atoms with Crippen LogP contribution < -0.4 is 5.32 Å². The van der Waals surface area contributed by atoms with E-state index in [0.29, 0.717) is 6.04 Å². The lowest BCUT2D eigenvalue weighted by Gasteiger charge is -2.42. The van der Waals surface area contributed by atoms with Gasteiger partial charge >= 0.3 is 0 Å². The van der Waals surface area contributed by atoms with E-state index in [1.807, 2.05) is 0 Å². The molecule has 0 spiro atoms. The number of benzene rings is 1. The van der Waals surface area contributed by atoms with E-state index in [1.165, 1.54) is 11.1 Å². The molecule has 1 saturated heterocycles. The Balaban J connectivity index is 2.08. The van der Waals surface area contributed by atoms with Crippen molar-refractivity contribution >= 4 is 0 Å². The van der Waals surface area contributed by atoms with Gasteiger partial charge in [-0.3, -0.25) is 4.90 Å². The normalized spacial score (nSPS) is 19.4. The Hall–Kier alpha value is -0.900. The molecule has 1 N–H and O–H groups in total. The number of nitrogens with zero attached hydrogens (tertiary/aromatic N) is 1. The summed E-state index contributed by atoms with van der Waals surface area (Å²) in [4.78, 5) is 2.53. The molecule has 1 aliphatic heterocycles. The molecule has 1 fully saturated rings. The summed E-state index contributed by atoms with van der Waals surface area (Å²) in [6.07, 6.45) is 0. The molecule has 1 aromatic rings. The van der Waals surface area contributed by atoms with Gasteiger partial charge in [0.05, 0.1) is 13.2 Å². The fraction of sp³-hybridized carbons (Fsp3) is 0.647. The van der Waals surface area contributed by atoms with E-state index < -0.39 is 0 Å². The average molecular weight is 276 g/mol. The molecular weight excluding hydrogens is 248 g/mol. The molecule has 0 atom stereocenters. The largest absolute Gasteiger partial charge is 0.378 e. The third-order valence-electron chi connectivity index (χ3n) is 4.00. The van der Waals surface area contributed by atoms with E-state index in [2.05, 4.69) is 62.2 Å². The number of rotatable bonds is 5. The molecular formula is C17H28N2O. The highest BCUT2D eigenvalue weighted by molar-refractivity contribution is 5.27.